The van der Waals surface area contributed by atoms with Crippen molar-refractivity contribution in [2.75, 3.05) is 12.1 Å². The van der Waals surface area contributed by atoms with E-state index in [2.05, 4.69) is 5.32 Å². The molecule has 1 aromatic heterocycles. The highest BCUT2D eigenvalue weighted by Crippen LogP contribution is 2.37. The summed E-state index contributed by atoms with van der Waals surface area (Å²) in [6.45, 7) is 0.140. The van der Waals surface area contributed by atoms with Gasteiger partial charge in [-0.25, -0.2) is 0 Å². The van der Waals surface area contributed by atoms with Crippen LogP contribution in [0.15, 0.2) is 89.7 Å². The predicted molar refractivity (Wildman–Crippen MR) is 143 cm³/mol. The predicted octanol–water partition coefficient (Wildman–Crippen LogP) is 5.55. The van der Waals surface area contributed by atoms with Crippen LogP contribution in [-0.4, -0.2) is 22.2 Å². The Morgan fingerprint density at radius 3 is 2.57 bits per heavy atom. The third kappa shape index (κ3) is 4.04. The standard InChI is InChI=1S/C30H24N2O5/c1-32-24-9-5-4-8-22(24)29(34)28(30(32)35)25(33)16-23(20-11-13-26-27(15-20)37-17-36-26)31-21-12-10-18-6-2-3-7-19(18)14-21/h2-15,23,31,34H,16-17H2,1H3/t23-/m1/s1. The minimum absolute atomic E-state index is 0.0619. The lowest BCUT2D eigenvalue weighted by molar-refractivity contribution is 0.0972. The van der Waals surface area contributed by atoms with Crippen molar-refractivity contribution < 1.29 is 19.4 Å². The highest BCUT2D eigenvalue weighted by atomic mass is 16.7. The monoisotopic (exact) mass is 492 g/mol. The Morgan fingerprint density at radius 2 is 1.70 bits per heavy atom. The molecule has 2 heterocycles. The lowest BCUT2D eigenvalue weighted by atomic mass is 9.96. The second kappa shape index (κ2) is 9.02. The highest BCUT2D eigenvalue weighted by Gasteiger charge is 2.26. The quantitative estimate of drug-likeness (QED) is 0.302. The Balaban J connectivity index is 1.40. The molecule has 1 atom stereocenters. The molecule has 0 radical (unpaired) electrons. The molecule has 4 aromatic carbocycles. The molecule has 184 valence electrons. The molecular weight excluding hydrogens is 468 g/mol. The average Bonchev–Trinajstić information content (AvgIpc) is 3.39. The van der Waals surface area contributed by atoms with E-state index in [1.807, 2.05) is 60.7 Å². The molecule has 7 heteroatoms. The molecule has 0 amide bonds. The van der Waals surface area contributed by atoms with E-state index in [9.17, 15) is 14.7 Å². The molecule has 0 saturated heterocycles. The summed E-state index contributed by atoms with van der Waals surface area (Å²) in [6, 6.07) is 26.0. The molecule has 6 rings (SSSR count). The Bertz CT molecular complexity index is 1740. The van der Waals surface area contributed by atoms with Gasteiger partial charge in [-0.15, -0.1) is 0 Å². The fraction of sp³-hybridized carbons (Fsp3) is 0.133. The van der Waals surface area contributed by atoms with Gasteiger partial charge in [-0.1, -0.05) is 48.5 Å². The molecular formula is C30H24N2O5. The second-order valence-electron chi connectivity index (χ2n) is 9.10. The zero-order valence-electron chi connectivity index (χ0n) is 20.1. The number of nitrogens with one attached hydrogen (secondary N) is 1. The van der Waals surface area contributed by atoms with E-state index >= 15 is 0 Å². The fourth-order valence-corrected chi connectivity index (χ4v) is 4.88. The maximum Gasteiger partial charge on any atom is 0.265 e. The maximum atomic E-state index is 13.6. The summed E-state index contributed by atoms with van der Waals surface area (Å²) in [5, 5.41) is 17.0. The average molecular weight is 493 g/mol. The Morgan fingerprint density at radius 1 is 0.946 bits per heavy atom. The van der Waals surface area contributed by atoms with Crippen LogP contribution in [0.2, 0.25) is 0 Å². The second-order valence-corrected chi connectivity index (χ2v) is 9.10. The van der Waals surface area contributed by atoms with Crippen LogP contribution in [0.25, 0.3) is 21.7 Å². The number of aryl methyl sites for hydroxylation is 1. The number of Topliss-reactive ketones (excluding diaryl/α,β-unsaturated/α-hetero) is 1. The summed E-state index contributed by atoms with van der Waals surface area (Å²) < 4.78 is 12.4. The lowest BCUT2D eigenvalue weighted by Crippen LogP contribution is -2.26. The normalized spacial score (nSPS) is 13.1. The SMILES string of the molecule is Cn1c(=O)c(C(=O)C[C@@H](Nc2ccc3ccccc3c2)c2ccc3c(c2)OCO3)c(O)c2ccccc21. The fourth-order valence-electron chi connectivity index (χ4n) is 4.88. The molecule has 37 heavy (non-hydrogen) atoms. The van der Waals surface area contributed by atoms with Gasteiger partial charge in [0.25, 0.3) is 5.56 Å². The number of rotatable bonds is 6. The molecule has 0 saturated carbocycles. The molecule has 1 aliphatic rings. The number of benzene rings is 4. The number of pyridine rings is 1. The van der Waals surface area contributed by atoms with Crippen LogP contribution in [0.4, 0.5) is 5.69 Å². The first kappa shape index (κ1) is 22.7. The summed E-state index contributed by atoms with van der Waals surface area (Å²) >= 11 is 0. The van der Waals surface area contributed by atoms with Gasteiger partial charge < -0.3 is 24.5 Å². The van der Waals surface area contributed by atoms with E-state index < -0.39 is 17.4 Å². The molecule has 1 aliphatic heterocycles. The first-order valence-electron chi connectivity index (χ1n) is 12.0. The Labute approximate surface area is 212 Å². The number of carbonyl (C=O) groups excluding carboxylic acids is 1. The van der Waals surface area contributed by atoms with Crippen LogP contribution in [-0.2, 0) is 7.05 Å². The molecule has 5 aromatic rings. The van der Waals surface area contributed by atoms with Crippen molar-refractivity contribution in [3.8, 4) is 17.2 Å². The van der Waals surface area contributed by atoms with Gasteiger partial charge in [0.15, 0.2) is 17.3 Å². The number of para-hydroxylation sites is 1. The number of hydrogen-bond acceptors (Lipinski definition) is 6. The minimum atomic E-state index is -0.531. The summed E-state index contributed by atoms with van der Waals surface area (Å²) in [5.41, 5.74) is 1.43. The third-order valence-electron chi connectivity index (χ3n) is 6.83. The summed E-state index contributed by atoms with van der Waals surface area (Å²) in [6.07, 6.45) is -0.0619. The van der Waals surface area contributed by atoms with Gasteiger partial charge in [-0.3, -0.25) is 9.59 Å². The van der Waals surface area contributed by atoms with Gasteiger partial charge in [0, 0.05) is 24.5 Å². The van der Waals surface area contributed by atoms with Crippen LogP contribution in [0.5, 0.6) is 17.2 Å². The zero-order valence-corrected chi connectivity index (χ0v) is 20.1. The van der Waals surface area contributed by atoms with Gasteiger partial charge in [0.1, 0.15) is 11.3 Å². The molecule has 0 aliphatic carbocycles. The number of hydrogen-bond donors (Lipinski definition) is 2. The molecule has 0 unspecified atom stereocenters. The maximum absolute atomic E-state index is 13.6. The number of fused-ring (bicyclic) bond motifs is 3. The van der Waals surface area contributed by atoms with Gasteiger partial charge in [0.2, 0.25) is 6.79 Å². The van der Waals surface area contributed by atoms with Crippen molar-refractivity contribution >= 4 is 33.1 Å². The van der Waals surface area contributed by atoms with Crippen molar-refractivity contribution in [1.82, 2.24) is 4.57 Å². The van der Waals surface area contributed by atoms with Crippen molar-refractivity contribution in [1.29, 1.82) is 0 Å². The molecule has 0 bridgehead atoms. The topological polar surface area (TPSA) is 89.8 Å². The van der Waals surface area contributed by atoms with Crippen LogP contribution in [0, 0.1) is 0 Å². The number of anilines is 1. The minimum Gasteiger partial charge on any atom is -0.506 e. The molecule has 0 fully saturated rings. The largest absolute Gasteiger partial charge is 0.506 e. The lowest BCUT2D eigenvalue weighted by Gasteiger charge is -2.21. The van der Waals surface area contributed by atoms with Crippen molar-refractivity contribution in [2.45, 2.75) is 12.5 Å². The van der Waals surface area contributed by atoms with Gasteiger partial charge in [0.05, 0.1) is 11.6 Å². The van der Waals surface area contributed by atoms with E-state index in [-0.39, 0.29) is 24.5 Å². The summed E-state index contributed by atoms with van der Waals surface area (Å²) in [5.74, 6) is 0.485. The number of carbonyl (C=O) groups is 1. The van der Waals surface area contributed by atoms with Gasteiger partial charge in [-0.2, -0.15) is 0 Å². The van der Waals surface area contributed by atoms with Crippen molar-refractivity contribution in [3.05, 3.63) is 106 Å². The Hall–Kier alpha value is -4.78. The summed E-state index contributed by atoms with van der Waals surface area (Å²) in [7, 11) is 1.60. The van der Waals surface area contributed by atoms with Crippen LogP contribution >= 0.6 is 0 Å². The summed E-state index contributed by atoms with van der Waals surface area (Å²) in [4.78, 5) is 26.8. The van der Waals surface area contributed by atoms with Crippen LogP contribution in [0.1, 0.15) is 28.4 Å². The van der Waals surface area contributed by atoms with E-state index in [0.717, 1.165) is 22.0 Å². The highest BCUT2D eigenvalue weighted by molar-refractivity contribution is 6.04. The number of ketones is 1. The first-order chi connectivity index (χ1) is 18.0. The zero-order chi connectivity index (χ0) is 25.5. The van der Waals surface area contributed by atoms with Crippen LogP contribution in [0.3, 0.4) is 0 Å². The van der Waals surface area contributed by atoms with Gasteiger partial charge >= 0.3 is 0 Å². The van der Waals surface area contributed by atoms with E-state index in [1.54, 1.807) is 31.3 Å². The van der Waals surface area contributed by atoms with E-state index in [1.165, 1.54) is 4.57 Å². The smallest absolute Gasteiger partial charge is 0.265 e. The van der Waals surface area contributed by atoms with Crippen LogP contribution < -0.4 is 20.3 Å². The van der Waals surface area contributed by atoms with Gasteiger partial charge in [-0.05, 0) is 52.7 Å². The number of aromatic hydroxyl groups is 1. The van der Waals surface area contributed by atoms with Crippen molar-refractivity contribution in [3.63, 3.8) is 0 Å². The number of nitrogens with zero attached hydrogens (tertiary/aromatic N) is 1. The van der Waals surface area contributed by atoms with E-state index in [0.29, 0.717) is 22.4 Å². The van der Waals surface area contributed by atoms with E-state index in [4.69, 9.17) is 9.47 Å². The molecule has 2 N–H and O–H groups in total. The molecule has 7 nitrogen and oxygen atoms in total. The third-order valence-corrected chi connectivity index (χ3v) is 6.83. The molecule has 0 spiro atoms. The number of aromatic nitrogens is 1. The number of ether oxygens (including phenoxy) is 2. The Kier molecular flexibility index (Phi) is 5.53. The van der Waals surface area contributed by atoms with Crippen molar-refractivity contribution in [2.24, 2.45) is 7.05 Å². The first-order valence-corrected chi connectivity index (χ1v) is 12.0.